The average Bonchev–Trinajstić information content (AvgIpc) is 2.30. The molecule has 1 heterocycles. The number of aromatic carboxylic acids is 1. The monoisotopic (exact) mass is 247 g/mol. The summed E-state index contributed by atoms with van der Waals surface area (Å²) in [5.74, 6) is -0.939. The Balaban J connectivity index is 2.37. The van der Waals surface area contributed by atoms with E-state index in [0.717, 1.165) is 5.56 Å². The number of carbonyl (C=O) groups is 1. The molecule has 0 fully saturated rings. The van der Waals surface area contributed by atoms with E-state index in [9.17, 15) is 4.79 Å². The van der Waals surface area contributed by atoms with Crippen molar-refractivity contribution in [3.05, 3.63) is 64.4 Å². The SMILES string of the molecule is O=C(O)c1ccc(Cl)cc1Cc1ccncc1. The van der Waals surface area contributed by atoms with Gasteiger partial charge in [-0.15, -0.1) is 0 Å². The fraction of sp³-hybridized carbons (Fsp3) is 0.0769. The lowest BCUT2D eigenvalue weighted by Gasteiger charge is -2.06. The highest BCUT2D eigenvalue weighted by Crippen LogP contribution is 2.19. The highest BCUT2D eigenvalue weighted by molar-refractivity contribution is 6.30. The molecule has 0 spiro atoms. The van der Waals surface area contributed by atoms with Crippen LogP contribution in [-0.4, -0.2) is 16.1 Å². The van der Waals surface area contributed by atoms with Crippen molar-refractivity contribution >= 4 is 17.6 Å². The number of halogens is 1. The van der Waals surface area contributed by atoms with Crippen LogP contribution in [0.4, 0.5) is 0 Å². The minimum Gasteiger partial charge on any atom is -0.478 e. The molecule has 3 nitrogen and oxygen atoms in total. The molecule has 0 radical (unpaired) electrons. The number of pyridine rings is 1. The number of carboxylic acid groups (broad SMARTS) is 1. The Hall–Kier alpha value is -1.87. The zero-order chi connectivity index (χ0) is 12.3. The molecular weight excluding hydrogens is 238 g/mol. The molecule has 2 rings (SSSR count). The van der Waals surface area contributed by atoms with Crippen molar-refractivity contribution in [2.24, 2.45) is 0 Å². The van der Waals surface area contributed by atoms with Crippen LogP contribution in [0.1, 0.15) is 21.5 Å². The number of rotatable bonds is 3. The van der Waals surface area contributed by atoms with Gasteiger partial charge in [0.15, 0.2) is 0 Å². The Labute approximate surface area is 104 Å². The molecule has 2 aromatic rings. The fourth-order valence-corrected chi connectivity index (χ4v) is 1.83. The van der Waals surface area contributed by atoms with E-state index >= 15 is 0 Å². The molecule has 17 heavy (non-hydrogen) atoms. The molecule has 1 aromatic carbocycles. The lowest BCUT2D eigenvalue weighted by atomic mass is 10.0. The third kappa shape index (κ3) is 2.82. The Morgan fingerprint density at radius 2 is 1.94 bits per heavy atom. The maximum Gasteiger partial charge on any atom is 0.335 e. The highest BCUT2D eigenvalue weighted by Gasteiger charge is 2.10. The molecule has 1 N–H and O–H groups in total. The van der Waals surface area contributed by atoms with Crippen molar-refractivity contribution in [1.29, 1.82) is 0 Å². The molecule has 1 aromatic heterocycles. The first-order valence-corrected chi connectivity index (χ1v) is 5.45. The van der Waals surface area contributed by atoms with Crippen molar-refractivity contribution in [3.8, 4) is 0 Å². The van der Waals surface area contributed by atoms with E-state index in [-0.39, 0.29) is 5.56 Å². The standard InChI is InChI=1S/C13H10ClNO2/c14-11-1-2-12(13(16)17)10(8-11)7-9-3-5-15-6-4-9/h1-6,8H,7H2,(H,16,17). The number of hydrogen-bond acceptors (Lipinski definition) is 2. The fourth-order valence-electron chi connectivity index (χ4n) is 1.64. The van der Waals surface area contributed by atoms with Crippen LogP contribution in [0.15, 0.2) is 42.7 Å². The zero-order valence-electron chi connectivity index (χ0n) is 8.93. The predicted molar refractivity (Wildman–Crippen MR) is 65.5 cm³/mol. The Bertz CT molecular complexity index is 540. The van der Waals surface area contributed by atoms with E-state index in [1.165, 1.54) is 6.07 Å². The van der Waals surface area contributed by atoms with Crippen molar-refractivity contribution in [2.75, 3.05) is 0 Å². The minimum atomic E-state index is -0.939. The second-order valence-electron chi connectivity index (χ2n) is 3.64. The van der Waals surface area contributed by atoms with Crippen LogP contribution in [0.2, 0.25) is 5.02 Å². The number of nitrogens with zero attached hydrogens (tertiary/aromatic N) is 1. The second kappa shape index (κ2) is 4.97. The summed E-state index contributed by atoms with van der Waals surface area (Å²) in [7, 11) is 0. The van der Waals surface area contributed by atoms with Gasteiger partial charge in [-0.3, -0.25) is 4.98 Å². The lowest BCUT2D eigenvalue weighted by Crippen LogP contribution is -2.03. The van der Waals surface area contributed by atoms with Crippen LogP contribution in [-0.2, 0) is 6.42 Å². The number of hydrogen-bond donors (Lipinski definition) is 1. The average molecular weight is 248 g/mol. The van der Waals surface area contributed by atoms with Crippen LogP contribution < -0.4 is 0 Å². The van der Waals surface area contributed by atoms with Gasteiger partial charge in [-0.05, 0) is 47.9 Å². The van der Waals surface area contributed by atoms with Gasteiger partial charge in [0.1, 0.15) is 0 Å². The van der Waals surface area contributed by atoms with E-state index in [2.05, 4.69) is 4.98 Å². The summed E-state index contributed by atoms with van der Waals surface area (Å²) in [6, 6.07) is 8.51. The zero-order valence-corrected chi connectivity index (χ0v) is 9.69. The van der Waals surface area contributed by atoms with E-state index in [0.29, 0.717) is 17.0 Å². The van der Waals surface area contributed by atoms with E-state index < -0.39 is 5.97 Å². The first-order chi connectivity index (χ1) is 8.16. The number of carboxylic acids is 1. The first kappa shape index (κ1) is 11.6. The molecule has 0 amide bonds. The Kier molecular flexibility index (Phi) is 3.40. The topological polar surface area (TPSA) is 50.2 Å². The summed E-state index contributed by atoms with van der Waals surface area (Å²) >= 11 is 5.88. The largest absolute Gasteiger partial charge is 0.478 e. The summed E-state index contributed by atoms with van der Waals surface area (Å²) in [5.41, 5.74) is 1.99. The van der Waals surface area contributed by atoms with E-state index in [1.807, 2.05) is 12.1 Å². The summed E-state index contributed by atoms with van der Waals surface area (Å²) in [6.07, 6.45) is 3.89. The molecule has 0 aliphatic heterocycles. The quantitative estimate of drug-likeness (QED) is 0.907. The molecule has 86 valence electrons. The Morgan fingerprint density at radius 1 is 1.24 bits per heavy atom. The van der Waals surface area contributed by atoms with Crippen LogP contribution in [0, 0.1) is 0 Å². The van der Waals surface area contributed by atoms with Crippen molar-refractivity contribution in [3.63, 3.8) is 0 Å². The van der Waals surface area contributed by atoms with Gasteiger partial charge in [-0.1, -0.05) is 11.6 Å². The van der Waals surface area contributed by atoms with Gasteiger partial charge in [-0.25, -0.2) is 4.79 Å². The summed E-state index contributed by atoms with van der Waals surface area (Å²) < 4.78 is 0. The molecule has 0 saturated carbocycles. The normalized spacial score (nSPS) is 10.2. The van der Waals surface area contributed by atoms with Gasteiger partial charge in [0.05, 0.1) is 5.56 Å². The molecule has 0 saturated heterocycles. The summed E-state index contributed by atoms with van der Waals surface area (Å²) in [4.78, 5) is 15.0. The van der Waals surface area contributed by atoms with Gasteiger partial charge in [0, 0.05) is 17.4 Å². The van der Waals surface area contributed by atoms with Crippen LogP contribution in [0.25, 0.3) is 0 Å². The van der Waals surface area contributed by atoms with Gasteiger partial charge < -0.3 is 5.11 Å². The molecule has 0 bridgehead atoms. The third-order valence-corrected chi connectivity index (χ3v) is 2.68. The first-order valence-electron chi connectivity index (χ1n) is 5.07. The third-order valence-electron chi connectivity index (χ3n) is 2.44. The smallest absolute Gasteiger partial charge is 0.335 e. The highest BCUT2D eigenvalue weighted by atomic mass is 35.5. The van der Waals surface area contributed by atoms with E-state index in [1.54, 1.807) is 24.5 Å². The van der Waals surface area contributed by atoms with Crippen LogP contribution in [0.5, 0.6) is 0 Å². The summed E-state index contributed by atoms with van der Waals surface area (Å²) in [6.45, 7) is 0. The van der Waals surface area contributed by atoms with Gasteiger partial charge >= 0.3 is 5.97 Å². The molecule has 0 aliphatic rings. The number of aromatic nitrogens is 1. The van der Waals surface area contributed by atoms with Crippen molar-refractivity contribution in [2.45, 2.75) is 6.42 Å². The van der Waals surface area contributed by atoms with Crippen molar-refractivity contribution in [1.82, 2.24) is 4.98 Å². The molecule has 0 aliphatic carbocycles. The van der Waals surface area contributed by atoms with Gasteiger partial charge in [0.2, 0.25) is 0 Å². The predicted octanol–water partition coefficient (Wildman–Crippen LogP) is 3.02. The van der Waals surface area contributed by atoms with Gasteiger partial charge in [-0.2, -0.15) is 0 Å². The lowest BCUT2D eigenvalue weighted by molar-refractivity contribution is 0.0696. The van der Waals surface area contributed by atoms with Crippen LogP contribution in [0.3, 0.4) is 0 Å². The second-order valence-corrected chi connectivity index (χ2v) is 4.08. The minimum absolute atomic E-state index is 0.284. The summed E-state index contributed by atoms with van der Waals surface area (Å²) in [5, 5.41) is 9.62. The van der Waals surface area contributed by atoms with Crippen LogP contribution >= 0.6 is 11.6 Å². The molecule has 4 heteroatoms. The molecule has 0 atom stereocenters. The van der Waals surface area contributed by atoms with Crippen molar-refractivity contribution < 1.29 is 9.90 Å². The number of benzene rings is 1. The maximum absolute atomic E-state index is 11.1. The molecular formula is C13H10ClNO2. The van der Waals surface area contributed by atoms with Gasteiger partial charge in [0.25, 0.3) is 0 Å². The molecule has 0 unspecified atom stereocenters. The Morgan fingerprint density at radius 3 is 2.59 bits per heavy atom. The van der Waals surface area contributed by atoms with E-state index in [4.69, 9.17) is 16.7 Å². The maximum atomic E-state index is 11.1.